The number of phosphoric ester groups is 1. The molecule has 0 radical (unpaired) electrons. The Kier molecular flexibility index (Phi) is 6.70. The average Bonchev–Trinajstić information content (AvgIpc) is 3.12. The van der Waals surface area contributed by atoms with Crippen molar-refractivity contribution in [1.29, 1.82) is 0 Å². The summed E-state index contributed by atoms with van der Waals surface area (Å²) in [4.78, 5) is 44.2. The molecule has 0 amide bonds. The molecule has 2 aromatic rings. The standard InChI is InChI=1S/C13H19N4O11P3/c1-7-9(11-4-14-13-8(2)15-6-16-17(11)13)3-12(18)10(7)5-26-30(22,23)28-31(24,25)27-29(19,20)21/h4,6,9-10,12,18H,1,3,5H2,2H3,(H,22,23)(H,24,25)(H2,19,20,21)/t9-,10-,12-/m0/s1. The molecule has 0 spiro atoms. The second-order valence-corrected chi connectivity index (χ2v) is 11.1. The summed E-state index contributed by atoms with van der Waals surface area (Å²) in [5, 5.41) is 14.5. The van der Waals surface area contributed by atoms with E-state index < -0.39 is 48.0 Å². The number of fused-ring (bicyclic) bond motifs is 1. The largest absolute Gasteiger partial charge is 0.490 e. The van der Waals surface area contributed by atoms with E-state index in [0.717, 1.165) is 0 Å². The van der Waals surface area contributed by atoms with Crippen LogP contribution in [0.2, 0.25) is 0 Å². The Morgan fingerprint density at radius 1 is 1.16 bits per heavy atom. The minimum absolute atomic E-state index is 0.167. The predicted molar refractivity (Wildman–Crippen MR) is 101 cm³/mol. The second kappa shape index (κ2) is 8.54. The number of phosphoric acid groups is 3. The summed E-state index contributed by atoms with van der Waals surface area (Å²) >= 11 is 0. The van der Waals surface area contributed by atoms with Crippen molar-refractivity contribution in [3.63, 3.8) is 0 Å². The van der Waals surface area contributed by atoms with Gasteiger partial charge in [0.1, 0.15) is 6.33 Å². The molecule has 0 saturated heterocycles. The van der Waals surface area contributed by atoms with Gasteiger partial charge in [-0.2, -0.15) is 13.7 Å². The highest BCUT2D eigenvalue weighted by atomic mass is 31.3. The van der Waals surface area contributed by atoms with Gasteiger partial charge in [0.2, 0.25) is 0 Å². The molecule has 3 rings (SSSR count). The van der Waals surface area contributed by atoms with Gasteiger partial charge in [0, 0.05) is 11.8 Å². The minimum Gasteiger partial charge on any atom is -0.392 e. The van der Waals surface area contributed by atoms with Gasteiger partial charge in [0.25, 0.3) is 0 Å². The maximum Gasteiger partial charge on any atom is 0.490 e. The van der Waals surface area contributed by atoms with E-state index in [1.54, 1.807) is 13.1 Å². The fourth-order valence-corrected chi connectivity index (χ4v) is 6.30. The first-order valence-electron chi connectivity index (χ1n) is 8.49. The van der Waals surface area contributed by atoms with Gasteiger partial charge in [-0.1, -0.05) is 12.2 Å². The number of aliphatic hydroxyl groups is 1. The lowest BCUT2D eigenvalue weighted by atomic mass is 9.96. The Bertz CT molecular complexity index is 1150. The summed E-state index contributed by atoms with van der Waals surface area (Å²) in [5.41, 5.74) is 2.17. The van der Waals surface area contributed by atoms with Gasteiger partial charge in [-0.3, -0.25) is 4.52 Å². The molecule has 2 heterocycles. The maximum absolute atomic E-state index is 11.9. The molecule has 18 heteroatoms. The molecular weight excluding hydrogens is 481 g/mol. The van der Waals surface area contributed by atoms with Crippen LogP contribution in [0.3, 0.4) is 0 Å². The van der Waals surface area contributed by atoms with Crippen LogP contribution in [0.4, 0.5) is 0 Å². The molecule has 1 saturated carbocycles. The zero-order valence-electron chi connectivity index (χ0n) is 15.8. The molecule has 0 bridgehead atoms. The maximum atomic E-state index is 11.9. The van der Waals surface area contributed by atoms with Gasteiger partial charge >= 0.3 is 23.5 Å². The highest BCUT2D eigenvalue weighted by molar-refractivity contribution is 7.66. The second-order valence-electron chi connectivity index (χ2n) is 6.69. The van der Waals surface area contributed by atoms with Gasteiger partial charge in [-0.05, 0) is 13.3 Å². The fourth-order valence-electron chi connectivity index (χ4n) is 3.26. The van der Waals surface area contributed by atoms with Crippen molar-refractivity contribution in [2.75, 3.05) is 6.61 Å². The van der Waals surface area contributed by atoms with Crippen molar-refractivity contribution >= 4 is 29.1 Å². The first-order valence-corrected chi connectivity index (χ1v) is 13.0. The molecule has 31 heavy (non-hydrogen) atoms. The molecular formula is C13H19N4O11P3. The fraction of sp³-hybridized carbons (Fsp3) is 0.462. The number of imidazole rings is 1. The summed E-state index contributed by atoms with van der Waals surface area (Å²) in [6, 6.07) is 0. The van der Waals surface area contributed by atoms with Crippen molar-refractivity contribution in [3.8, 4) is 0 Å². The lowest BCUT2D eigenvalue weighted by molar-refractivity contribution is 0.0939. The lowest BCUT2D eigenvalue weighted by Crippen LogP contribution is -2.19. The summed E-state index contributed by atoms with van der Waals surface area (Å²) < 4.78 is 47.5. The molecule has 5 atom stereocenters. The van der Waals surface area contributed by atoms with Crippen LogP contribution < -0.4 is 0 Å². The van der Waals surface area contributed by atoms with E-state index in [-0.39, 0.29) is 6.42 Å². The number of hydrogen-bond acceptors (Lipinski definition) is 10. The molecule has 1 fully saturated rings. The Morgan fingerprint density at radius 2 is 1.84 bits per heavy atom. The highest BCUT2D eigenvalue weighted by Gasteiger charge is 2.44. The number of nitrogens with zero attached hydrogens (tertiary/aromatic N) is 4. The zero-order chi connectivity index (χ0) is 23.2. The van der Waals surface area contributed by atoms with Crippen LogP contribution in [0.25, 0.3) is 5.65 Å². The number of hydrogen-bond donors (Lipinski definition) is 5. The molecule has 0 aliphatic heterocycles. The highest BCUT2D eigenvalue weighted by Crippen LogP contribution is 2.66. The van der Waals surface area contributed by atoms with E-state index in [1.807, 2.05) is 0 Å². The van der Waals surface area contributed by atoms with Crippen LogP contribution in [0, 0.1) is 12.8 Å². The topological polar surface area (TPSA) is 223 Å². The smallest absolute Gasteiger partial charge is 0.392 e. The summed E-state index contributed by atoms with van der Waals surface area (Å²) in [6.45, 7) is 5.01. The number of aromatic nitrogens is 4. The third-order valence-electron chi connectivity index (χ3n) is 4.56. The van der Waals surface area contributed by atoms with E-state index in [0.29, 0.717) is 22.6 Å². The van der Waals surface area contributed by atoms with Crippen LogP contribution in [-0.2, 0) is 26.8 Å². The van der Waals surface area contributed by atoms with Gasteiger partial charge in [-0.15, -0.1) is 0 Å². The van der Waals surface area contributed by atoms with E-state index in [1.165, 1.54) is 10.8 Å². The molecule has 2 unspecified atom stereocenters. The van der Waals surface area contributed by atoms with E-state index in [2.05, 4.69) is 34.8 Å². The Morgan fingerprint density at radius 3 is 2.48 bits per heavy atom. The van der Waals surface area contributed by atoms with Crippen LogP contribution in [0.1, 0.15) is 23.7 Å². The summed E-state index contributed by atoms with van der Waals surface area (Å²) in [6.07, 6.45) is 2.00. The average molecular weight is 500 g/mol. The molecule has 5 N–H and O–H groups in total. The quantitative estimate of drug-likeness (QED) is 0.250. The Balaban J connectivity index is 1.71. The van der Waals surface area contributed by atoms with Crippen molar-refractivity contribution in [3.05, 3.63) is 36.1 Å². The van der Waals surface area contributed by atoms with Crippen molar-refractivity contribution < 1.29 is 51.5 Å². The molecule has 15 nitrogen and oxygen atoms in total. The molecule has 1 aliphatic rings. The zero-order valence-corrected chi connectivity index (χ0v) is 18.5. The van der Waals surface area contributed by atoms with Gasteiger partial charge < -0.3 is 24.7 Å². The van der Waals surface area contributed by atoms with Crippen LogP contribution in [-0.4, -0.2) is 57.0 Å². The number of aryl methyl sites for hydroxylation is 1. The van der Waals surface area contributed by atoms with Crippen molar-refractivity contribution in [2.24, 2.45) is 5.92 Å². The monoisotopic (exact) mass is 500 g/mol. The van der Waals surface area contributed by atoms with Crippen molar-refractivity contribution in [2.45, 2.75) is 25.4 Å². The molecule has 1 aliphatic carbocycles. The SMILES string of the molecule is C=C1[C@@H](c2cnc3c(C)ncnn23)C[C@H](O)[C@H]1COP(=O)(O)OP(=O)(O)OP(=O)(O)O. The van der Waals surface area contributed by atoms with Crippen LogP contribution >= 0.6 is 23.5 Å². The lowest BCUT2D eigenvalue weighted by Gasteiger charge is -2.20. The molecule has 0 aromatic carbocycles. The molecule has 172 valence electrons. The number of aliphatic hydroxyl groups excluding tert-OH is 1. The first kappa shape index (κ1) is 24.3. The summed E-state index contributed by atoms with van der Waals surface area (Å²) in [7, 11) is -16.4. The van der Waals surface area contributed by atoms with Crippen LogP contribution in [0.15, 0.2) is 24.7 Å². The normalized spacial score (nSPS) is 26.1. The summed E-state index contributed by atoms with van der Waals surface area (Å²) in [5.74, 6) is -1.31. The number of rotatable bonds is 8. The van der Waals surface area contributed by atoms with Gasteiger partial charge in [0.05, 0.1) is 30.3 Å². The third-order valence-corrected chi connectivity index (χ3v) is 8.36. The third kappa shape index (κ3) is 5.72. The van der Waals surface area contributed by atoms with E-state index in [9.17, 15) is 28.6 Å². The van der Waals surface area contributed by atoms with Crippen molar-refractivity contribution in [1.82, 2.24) is 19.6 Å². The molecule has 2 aromatic heterocycles. The van der Waals surface area contributed by atoms with E-state index in [4.69, 9.17) is 9.79 Å². The minimum atomic E-state index is -5.62. The van der Waals surface area contributed by atoms with Gasteiger partial charge in [0.15, 0.2) is 5.65 Å². The first-order chi connectivity index (χ1) is 14.2. The Hall–Kier alpha value is -1.34. The van der Waals surface area contributed by atoms with E-state index >= 15 is 0 Å². The van der Waals surface area contributed by atoms with Crippen LogP contribution in [0.5, 0.6) is 0 Å². The van der Waals surface area contributed by atoms with Gasteiger partial charge in [-0.25, -0.2) is 28.2 Å². The predicted octanol–water partition coefficient (Wildman–Crippen LogP) is 0.797. The Labute approximate surface area is 174 Å².